The Balaban J connectivity index is 1.95. The highest BCUT2D eigenvalue weighted by Gasteiger charge is 2.11. The summed E-state index contributed by atoms with van der Waals surface area (Å²) in [4.78, 5) is 11.9. The minimum Gasteiger partial charge on any atom is -0.433 e. The summed E-state index contributed by atoms with van der Waals surface area (Å²) in [6.45, 7) is -2.95. The molecule has 2 aromatic carbocycles. The summed E-state index contributed by atoms with van der Waals surface area (Å²) >= 11 is 3.33. The van der Waals surface area contributed by atoms with Crippen LogP contribution in [0.5, 0.6) is 5.75 Å². The molecule has 7 heteroatoms. The zero-order chi connectivity index (χ0) is 15.9. The SMILES string of the molecule is O=C(CNc1cccc(Br)c1)Nc1ccccc1OC(F)F. The van der Waals surface area contributed by atoms with Gasteiger partial charge in [0.05, 0.1) is 12.2 Å². The van der Waals surface area contributed by atoms with Crippen molar-refractivity contribution in [2.24, 2.45) is 0 Å². The Morgan fingerprint density at radius 2 is 1.95 bits per heavy atom. The molecule has 0 bridgehead atoms. The van der Waals surface area contributed by atoms with Crippen LogP contribution in [0.2, 0.25) is 0 Å². The lowest BCUT2D eigenvalue weighted by atomic mass is 10.3. The average Bonchev–Trinajstić information content (AvgIpc) is 2.47. The van der Waals surface area contributed by atoms with Crippen LogP contribution in [0.15, 0.2) is 53.0 Å². The molecule has 0 aliphatic rings. The number of halogens is 3. The van der Waals surface area contributed by atoms with Crippen LogP contribution in [0.1, 0.15) is 0 Å². The molecular weight excluding hydrogens is 358 g/mol. The number of alkyl halides is 2. The van der Waals surface area contributed by atoms with E-state index in [1.165, 1.54) is 12.1 Å². The van der Waals surface area contributed by atoms with Crippen LogP contribution in [-0.2, 0) is 4.79 Å². The van der Waals surface area contributed by atoms with Crippen molar-refractivity contribution in [3.8, 4) is 5.75 Å². The number of benzene rings is 2. The number of anilines is 2. The smallest absolute Gasteiger partial charge is 0.387 e. The highest BCUT2D eigenvalue weighted by molar-refractivity contribution is 9.10. The Kier molecular flexibility index (Phi) is 5.71. The molecule has 0 fully saturated rings. The zero-order valence-electron chi connectivity index (χ0n) is 11.4. The molecule has 0 aliphatic carbocycles. The van der Waals surface area contributed by atoms with Gasteiger partial charge in [-0.15, -0.1) is 0 Å². The molecule has 116 valence electrons. The molecule has 1 amide bonds. The number of carbonyl (C=O) groups excluding carboxylic acids is 1. The van der Waals surface area contributed by atoms with Gasteiger partial charge in [0.25, 0.3) is 0 Å². The Labute approximate surface area is 134 Å². The van der Waals surface area contributed by atoms with Gasteiger partial charge >= 0.3 is 6.61 Å². The highest BCUT2D eigenvalue weighted by atomic mass is 79.9. The molecule has 0 heterocycles. The summed E-state index contributed by atoms with van der Waals surface area (Å²) in [7, 11) is 0. The number of hydrogen-bond acceptors (Lipinski definition) is 3. The molecular formula is C15H13BrF2N2O2. The minimum atomic E-state index is -2.95. The summed E-state index contributed by atoms with van der Waals surface area (Å²) in [5.41, 5.74) is 0.963. The predicted molar refractivity (Wildman–Crippen MR) is 84.3 cm³/mol. The fourth-order valence-electron chi connectivity index (χ4n) is 1.74. The van der Waals surface area contributed by atoms with Crippen LogP contribution in [0.25, 0.3) is 0 Å². The molecule has 2 rings (SSSR count). The van der Waals surface area contributed by atoms with E-state index < -0.39 is 6.61 Å². The first-order chi connectivity index (χ1) is 10.5. The lowest BCUT2D eigenvalue weighted by Crippen LogP contribution is -2.22. The molecule has 0 aromatic heterocycles. The topological polar surface area (TPSA) is 50.4 Å². The predicted octanol–water partition coefficient (Wildman–Crippen LogP) is 4.10. The van der Waals surface area contributed by atoms with Gasteiger partial charge < -0.3 is 15.4 Å². The second-order valence-corrected chi connectivity index (χ2v) is 5.20. The first kappa shape index (κ1) is 16.2. The van der Waals surface area contributed by atoms with Crippen molar-refractivity contribution in [2.75, 3.05) is 17.2 Å². The van der Waals surface area contributed by atoms with Crippen LogP contribution in [0, 0.1) is 0 Å². The summed E-state index contributed by atoms with van der Waals surface area (Å²) in [6.07, 6.45) is 0. The normalized spacial score (nSPS) is 10.4. The molecule has 0 radical (unpaired) electrons. The van der Waals surface area contributed by atoms with E-state index in [9.17, 15) is 13.6 Å². The van der Waals surface area contributed by atoms with E-state index in [1.807, 2.05) is 24.3 Å². The summed E-state index contributed by atoms with van der Waals surface area (Å²) in [5, 5.41) is 5.46. The first-order valence-corrected chi connectivity index (χ1v) is 7.17. The number of hydrogen-bond donors (Lipinski definition) is 2. The third kappa shape index (κ3) is 5.00. The molecule has 2 aromatic rings. The first-order valence-electron chi connectivity index (χ1n) is 6.38. The van der Waals surface area contributed by atoms with Gasteiger partial charge in [0.2, 0.25) is 5.91 Å². The molecule has 0 saturated heterocycles. The van der Waals surface area contributed by atoms with Crippen LogP contribution in [0.4, 0.5) is 20.2 Å². The van der Waals surface area contributed by atoms with Crippen molar-refractivity contribution in [2.45, 2.75) is 6.61 Å². The maximum Gasteiger partial charge on any atom is 0.387 e. The fraction of sp³-hybridized carbons (Fsp3) is 0.133. The largest absolute Gasteiger partial charge is 0.433 e. The monoisotopic (exact) mass is 370 g/mol. The fourth-order valence-corrected chi connectivity index (χ4v) is 2.14. The van der Waals surface area contributed by atoms with E-state index in [0.29, 0.717) is 0 Å². The lowest BCUT2D eigenvalue weighted by Gasteiger charge is -2.12. The van der Waals surface area contributed by atoms with Crippen LogP contribution in [0.3, 0.4) is 0 Å². The third-order valence-corrected chi connectivity index (χ3v) is 3.15. The van der Waals surface area contributed by atoms with E-state index in [0.717, 1.165) is 10.2 Å². The van der Waals surface area contributed by atoms with Gasteiger partial charge in [-0.3, -0.25) is 4.79 Å². The minimum absolute atomic E-state index is 0.000530. The quantitative estimate of drug-likeness (QED) is 0.804. The summed E-state index contributed by atoms with van der Waals surface area (Å²) in [5.74, 6) is -0.446. The number of rotatable bonds is 6. The zero-order valence-corrected chi connectivity index (χ0v) is 12.9. The van der Waals surface area contributed by atoms with E-state index in [2.05, 4.69) is 31.3 Å². The van der Waals surface area contributed by atoms with E-state index in [4.69, 9.17) is 0 Å². The summed E-state index contributed by atoms with van der Waals surface area (Å²) in [6, 6.07) is 13.4. The Morgan fingerprint density at radius 1 is 1.18 bits per heavy atom. The molecule has 0 atom stereocenters. The standard InChI is InChI=1S/C15H13BrF2N2O2/c16-10-4-3-5-11(8-10)19-9-14(21)20-12-6-1-2-7-13(12)22-15(17)18/h1-8,15,19H,9H2,(H,20,21). The van der Waals surface area contributed by atoms with Crippen molar-refractivity contribution < 1.29 is 18.3 Å². The molecule has 0 saturated carbocycles. The Hall–Kier alpha value is -2.15. The number of carbonyl (C=O) groups is 1. The average molecular weight is 371 g/mol. The van der Waals surface area contributed by atoms with Gasteiger partial charge in [0.1, 0.15) is 5.75 Å². The van der Waals surface area contributed by atoms with Crippen LogP contribution >= 0.6 is 15.9 Å². The Bertz CT molecular complexity index is 653. The highest BCUT2D eigenvalue weighted by Crippen LogP contribution is 2.25. The van der Waals surface area contributed by atoms with E-state index >= 15 is 0 Å². The van der Waals surface area contributed by atoms with E-state index in [1.54, 1.807) is 12.1 Å². The maximum absolute atomic E-state index is 12.3. The van der Waals surface area contributed by atoms with Gasteiger partial charge in [-0.1, -0.05) is 34.1 Å². The Morgan fingerprint density at radius 3 is 2.68 bits per heavy atom. The van der Waals surface area contributed by atoms with Crippen molar-refractivity contribution in [1.82, 2.24) is 0 Å². The van der Waals surface area contributed by atoms with Crippen LogP contribution in [-0.4, -0.2) is 19.1 Å². The number of nitrogens with one attached hydrogen (secondary N) is 2. The van der Waals surface area contributed by atoms with Crippen molar-refractivity contribution in [3.05, 3.63) is 53.0 Å². The molecule has 0 spiro atoms. The number of amides is 1. The van der Waals surface area contributed by atoms with Gasteiger partial charge in [0.15, 0.2) is 0 Å². The molecule has 0 unspecified atom stereocenters. The lowest BCUT2D eigenvalue weighted by molar-refractivity contribution is -0.114. The van der Waals surface area contributed by atoms with Gasteiger partial charge in [0, 0.05) is 10.2 Å². The van der Waals surface area contributed by atoms with Gasteiger partial charge in [-0.2, -0.15) is 8.78 Å². The van der Waals surface area contributed by atoms with Gasteiger partial charge in [-0.05, 0) is 30.3 Å². The van der Waals surface area contributed by atoms with Crippen LogP contribution < -0.4 is 15.4 Å². The van der Waals surface area contributed by atoms with Gasteiger partial charge in [-0.25, -0.2) is 0 Å². The third-order valence-electron chi connectivity index (χ3n) is 2.65. The maximum atomic E-state index is 12.3. The molecule has 4 nitrogen and oxygen atoms in total. The molecule has 0 aliphatic heterocycles. The number of ether oxygens (including phenoxy) is 1. The van der Waals surface area contributed by atoms with E-state index in [-0.39, 0.29) is 23.9 Å². The number of para-hydroxylation sites is 2. The summed E-state index contributed by atoms with van der Waals surface area (Å²) < 4.78 is 29.8. The molecule has 22 heavy (non-hydrogen) atoms. The van der Waals surface area contributed by atoms with Crippen molar-refractivity contribution in [3.63, 3.8) is 0 Å². The molecule has 2 N–H and O–H groups in total. The second kappa shape index (κ2) is 7.74. The van der Waals surface area contributed by atoms with Crippen molar-refractivity contribution >= 4 is 33.2 Å². The second-order valence-electron chi connectivity index (χ2n) is 4.29. The van der Waals surface area contributed by atoms with Crippen molar-refractivity contribution in [1.29, 1.82) is 0 Å².